The van der Waals surface area contributed by atoms with E-state index >= 15 is 0 Å². The van der Waals surface area contributed by atoms with Crippen LogP contribution in [0, 0.1) is 12.3 Å². The zero-order chi connectivity index (χ0) is 26.4. The van der Waals surface area contributed by atoms with Gasteiger partial charge in [0.2, 0.25) is 0 Å². The molecule has 1 aromatic heterocycles. The number of methoxy groups -OCH3 is 1. The van der Waals surface area contributed by atoms with Gasteiger partial charge in [0.25, 0.3) is 0 Å². The largest absolute Gasteiger partial charge is 0.469 e. The lowest BCUT2D eigenvalue weighted by Crippen LogP contribution is -2.35. The van der Waals surface area contributed by atoms with Gasteiger partial charge in [-0.2, -0.15) is 0 Å². The average Bonchev–Trinajstić information content (AvgIpc) is 3.34. The molecule has 0 aliphatic rings. The minimum atomic E-state index is -0.607. The van der Waals surface area contributed by atoms with E-state index in [-0.39, 0.29) is 18.8 Å². The van der Waals surface area contributed by atoms with Crippen molar-refractivity contribution in [3.05, 3.63) is 83.7 Å². The molecule has 1 heterocycles. The van der Waals surface area contributed by atoms with Gasteiger partial charge >= 0.3 is 12.1 Å². The van der Waals surface area contributed by atoms with E-state index in [0.29, 0.717) is 40.4 Å². The highest BCUT2D eigenvalue weighted by Crippen LogP contribution is 2.27. The second kappa shape index (κ2) is 11.3. The number of nitrogens with zero attached hydrogens (tertiary/aromatic N) is 2. The summed E-state index contributed by atoms with van der Waals surface area (Å²) in [4.78, 5) is 34.2. The number of para-hydroxylation sites is 1. The normalized spacial score (nSPS) is 10.6. The summed E-state index contributed by atoms with van der Waals surface area (Å²) < 4.78 is 10.5. The fourth-order valence-electron chi connectivity index (χ4n) is 3.78. The number of anilines is 2. The van der Waals surface area contributed by atoms with Crippen LogP contribution in [0.25, 0.3) is 11.0 Å². The molecule has 0 aliphatic heterocycles. The Morgan fingerprint density at radius 1 is 1.08 bits per heavy atom. The van der Waals surface area contributed by atoms with E-state index in [0.717, 1.165) is 11.2 Å². The Balaban J connectivity index is 1.49. The molecule has 3 aromatic carbocycles. The highest BCUT2D eigenvalue weighted by Gasteiger charge is 2.21. The number of benzene rings is 3. The number of aromatic amines is 1. The SMILES string of the molecule is COC(=O)CCN(C(=O)Oc1ccc2[nH]c(CNc3ccc(C(=N)N)cc3)nc2c1C)c1ccccc1. The highest BCUT2D eigenvalue weighted by atomic mass is 16.6. The zero-order valence-electron chi connectivity index (χ0n) is 20.6. The Hall–Kier alpha value is -4.86. The number of carbonyl (C=O) groups excluding carboxylic acids is 2. The van der Waals surface area contributed by atoms with Crippen LogP contribution in [0.4, 0.5) is 16.2 Å². The number of amides is 1. The molecule has 10 nitrogen and oxygen atoms in total. The highest BCUT2D eigenvalue weighted by molar-refractivity contribution is 5.95. The first-order valence-electron chi connectivity index (χ1n) is 11.6. The number of amidine groups is 1. The zero-order valence-corrected chi connectivity index (χ0v) is 20.6. The van der Waals surface area contributed by atoms with Crippen LogP contribution in [0.5, 0.6) is 5.75 Å². The molecule has 190 valence electrons. The van der Waals surface area contributed by atoms with E-state index in [9.17, 15) is 9.59 Å². The minimum absolute atomic E-state index is 0.0196. The average molecular weight is 501 g/mol. The summed E-state index contributed by atoms with van der Waals surface area (Å²) in [5.41, 5.74) is 9.84. The number of hydrogen-bond acceptors (Lipinski definition) is 7. The van der Waals surface area contributed by atoms with Gasteiger partial charge in [-0.25, -0.2) is 9.78 Å². The fourth-order valence-corrected chi connectivity index (χ4v) is 3.78. The molecule has 10 heteroatoms. The maximum absolute atomic E-state index is 13.1. The molecule has 4 aromatic rings. The van der Waals surface area contributed by atoms with Crippen LogP contribution >= 0.6 is 0 Å². The number of H-pyrrole nitrogens is 1. The maximum atomic E-state index is 13.1. The van der Waals surface area contributed by atoms with Gasteiger partial charge in [-0.3, -0.25) is 15.1 Å². The van der Waals surface area contributed by atoms with Crippen LogP contribution in [0.15, 0.2) is 66.7 Å². The lowest BCUT2D eigenvalue weighted by atomic mass is 10.2. The number of esters is 1. The van der Waals surface area contributed by atoms with E-state index in [1.54, 1.807) is 30.3 Å². The van der Waals surface area contributed by atoms with Crippen LogP contribution in [0.2, 0.25) is 0 Å². The Morgan fingerprint density at radius 3 is 2.49 bits per heavy atom. The number of hydrogen-bond donors (Lipinski definition) is 4. The molecule has 5 N–H and O–H groups in total. The summed E-state index contributed by atoms with van der Waals surface area (Å²) >= 11 is 0. The quantitative estimate of drug-likeness (QED) is 0.152. The number of rotatable bonds is 9. The summed E-state index contributed by atoms with van der Waals surface area (Å²) in [5, 5.41) is 10.8. The van der Waals surface area contributed by atoms with E-state index in [1.807, 2.05) is 43.3 Å². The maximum Gasteiger partial charge on any atom is 0.419 e. The lowest BCUT2D eigenvalue weighted by molar-refractivity contribution is -0.140. The Labute approximate surface area is 213 Å². The number of nitrogens with one attached hydrogen (secondary N) is 3. The molecule has 37 heavy (non-hydrogen) atoms. The number of aryl methyl sites for hydroxylation is 1. The molecule has 4 rings (SSSR count). The van der Waals surface area contributed by atoms with E-state index in [1.165, 1.54) is 12.0 Å². The summed E-state index contributed by atoms with van der Waals surface area (Å²) in [6, 6.07) is 19.8. The molecule has 0 radical (unpaired) electrons. The van der Waals surface area contributed by atoms with E-state index in [2.05, 4.69) is 15.3 Å². The van der Waals surface area contributed by atoms with Crippen LogP contribution < -0.4 is 20.7 Å². The first-order valence-corrected chi connectivity index (χ1v) is 11.6. The van der Waals surface area contributed by atoms with Crippen molar-refractivity contribution in [2.45, 2.75) is 19.9 Å². The predicted octanol–water partition coefficient (Wildman–Crippen LogP) is 4.34. The molecule has 0 unspecified atom stereocenters. The molecule has 0 bridgehead atoms. The fraction of sp³-hybridized carbons (Fsp3) is 0.185. The third-order valence-corrected chi connectivity index (χ3v) is 5.82. The number of fused-ring (bicyclic) bond motifs is 1. The van der Waals surface area contributed by atoms with Crippen molar-refractivity contribution in [1.82, 2.24) is 9.97 Å². The number of imidazole rings is 1. The molecule has 0 fully saturated rings. The Kier molecular flexibility index (Phi) is 7.68. The van der Waals surface area contributed by atoms with Gasteiger partial charge in [0.05, 0.1) is 31.1 Å². The van der Waals surface area contributed by atoms with E-state index in [4.69, 9.17) is 20.6 Å². The van der Waals surface area contributed by atoms with Gasteiger partial charge in [-0.05, 0) is 55.5 Å². The van der Waals surface area contributed by atoms with Gasteiger partial charge in [0, 0.05) is 29.0 Å². The summed E-state index contributed by atoms with van der Waals surface area (Å²) in [5.74, 6) is 0.688. The van der Waals surface area contributed by atoms with Gasteiger partial charge in [-0.15, -0.1) is 0 Å². The van der Waals surface area contributed by atoms with Gasteiger partial charge < -0.3 is 25.5 Å². The van der Waals surface area contributed by atoms with Crippen LogP contribution in [-0.4, -0.2) is 41.5 Å². The van der Waals surface area contributed by atoms with Crippen molar-refractivity contribution in [3.8, 4) is 5.75 Å². The number of aromatic nitrogens is 2. The number of carbonyl (C=O) groups is 2. The van der Waals surface area contributed by atoms with Gasteiger partial charge in [-0.1, -0.05) is 18.2 Å². The molecule has 0 atom stereocenters. The first-order chi connectivity index (χ1) is 17.9. The van der Waals surface area contributed by atoms with Crippen molar-refractivity contribution in [1.29, 1.82) is 5.41 Å². The Morgan fingerprint density at radius 2 is 1.81 bits per heavy atom. The Bertz CT molecular complexity index is 1420. The molecule has 0 saturated heterocycles. The number of ether oxygens (including phenoxy) is 2. The molecular formula is C27H28N6O4. The molecule has 0 aliphatic carbocycles. The third-order valence-electron chi connectivity index (χ3n) is 5.82. The first kappa shape index (κ1) is 25.2. The van der Waals surface area contributed by atoms with Crippen molar-refractivity contribution < 1.29 is 19.1 Å². The number of nitrogens with two attached hydrogens (primary N) is 1. The lowest BCUT2D eigenvalue weighted by Gasteiger charge is -2.22. The van der Waals surface area contributed by atoms with Crippen molar-refractivity contribution in [2.24, 2.45) is 5.73 Å². The van der Waals surface area contributed by atoms with Crippen LogP contribution in [0.3, 0.4) is 0 Å². The van der Waals surface area contributed by atoms with Gasteiger partial charge in [0.1, 0.15) is 17.4 Å². The second-order valence-electron chi connectivity index (χ2n) is 8.29. The second-order valence-corrected chi connectivity index (χ2v) is 8.29. The van der Waals surface area contributed by atoms with E-state index < -0.39 is 12.1 Å². The summed E-state index contributed by atoms with van der Waals surface area (Å²) in [7, 11) is 1.31. The number of nitrogen functional groups attached to an aromatic ring is 1. The molecular weight excluding hydrogens is 472 g/mol. The van der Waals surface area contributed by atoms with Crippen molar-refractivity contribution in [3.63, 3.8) is 0 Å². The molecule has 0 saturated carbocycles. The monoisotopic (exact) mass is 500 g/mol. The smallest absolute Gasteiger partial charge is 0.419 e. The molecule has 0 spiro atoms. The predicted molar refractivity (Wildman–Crippen MR) is 142 cm³/mol. The molecule has 1 amide bonds. The standard InChI is InChI=1S/C27H28N6O4/c1-17-22(37-27(35)33(15-14-24(34)36-2)20-6-4-3-5-7-20)13-12-21-25(17)32-23(31-21)16-30-19-10-8-18(9-11-19)26(28)29/h3-13,30H,14-16H2,1-2H3,(H3,28,29)(H,31,32). The van der Waals surface area contributed by atoms with Crippen molar-refractivity contribution >= 4 is 40.3 Å². The van der Waals surface area contributed by atoms with Crippen LogP contribution in [-0.2, 0) is 16.1 Å². The summed E-state index contributed by atoms with van der Waals surface area (Å²) in [6.45, 7) is 2.39. The minimum Gasteiger partial charge on any atom is -0.469 e. The summed E-state index contributed by atoms with van der Waals surface area (Å²) in [6.07, 6.45) is -0.574. The van der Waals surface area contributed by atoms with Gasteiger partial charge in [0.15, 0.2) is 0 Å². The van der Waals surface area contributed by atoms with Crippen LogP contribution in [0.1, 0.15) is 23.4 Å². The third kappa shape index (κ3) is 6.04. The topological polar surface area (TPSA) is 146 Å². The van der Waals surface area contributed by atoms with Crippen molar-refractivity contribution in [2.75, 3.05) is 23.9 Å².